The third-order valence-corrected chi connectivity index (χ3v) is 4.81. The average Bonchev–Trinajstić information content (AvgIpc) is 3.07. The lowest BCUT2D eigenvalue weighted by Crippen LogP contribution is -2.42. The predicted octanol–water partition coefficient (Wildman–Crippen LogP) is 3.91. The zero-order valence-corrected chi connectivity index (χ0v) is 17.0. The summed E-state index contributed by atoms with van der Waals surface area (Å²) in [7, 11) is 1.54. The van der Waals surface area contributed by atoms with Crippen LogP contribution in [0.15, 0.2) is 42.5 Å². The van der Waals surface area contributed by atoms with Crippen molar-refractivity contribution in [2.75, 3.05) is 13.7 Å². The molecular weight excluding hydrogens is 372 g/mol. The number of carbonyl (C=O) groups excluding carboxylic acids is 1. The lowest BCUT2D eigenvalue weighted by molar-refractivity contribution is -0.0976. The topological polar surface area (TPSA) is 85.2 Å². The summed E-state index contributed by atoms with van der Waals surface area (Å²) in [6.45, 7) is 5.58. The van der Waals surface area contributed by atoms with Crippen LogP contribution in [0.2, 0.25) is 0 Å². The summed E-state index contributed by atoms with van der Waals surface area (Å²) in [6.07, 6.45) is 1.88. The molecule has 2 aromatic carbocycles. The zero-order chi connectivity index (χ0) is 21.2. The van der Waals surface area contributed by atoms with E-state index < -0.39 is 17.8 Å². The molecule has 0 radical (unpaired) electrons. The largest absolute Gasteiger partial charge is 0.508 e. The van der Waals surface area contributed by atoms with Gasteiger partial charge in [0.25, 0.3) is 0 Å². The average molecular weight is 398 g/mol. The van der Waals surface area contributed by atoms with E-state index in [-0.39, 0.29) is 11.5 Å². The zero-order valence-electron chi connectivity index (χ0n) is 17.0. The summed E-state index contributed by atoms with van der Waals surface area (Å²) in [5.74, 6) is 0.831. The molecule has 0 saturated heterocycles. The second kappa shape index (κ2) is 8.27. The molecule has 2 unspecified atom stereocenters. The number of hydrogen-bond donors (Lipinski definition) is 2. The molecule has 0 spiro atoms. The van der Waals surface area contributed by atoms with E-state index in [2.05, 4.69) is 0 Å². The molecule has 6 heteroatoms. The fourth-order valence-electron chi connectivity index (χ4n) is 3.40. The molecule has 0 aromatic heterocycles. The number of ether oxygens (including phenoxy) is 3. The van der Waals surface area contributed by atoms with Crippen molar-refractivity contribution >= 4 is 11.9 Å². The van der Waals surface area contributed by atoms with Gasteiger partial charge in [-0.05, 0) is 56.7 Å². The number of aromatic hydroxyl groups is 1. The first-order valence-electron chi connectivity index (χ1n) is 9.49. The molecule has 6 nitrogen and oxygen atoms in total. The number of hydrogen-bond acceptors (Lipinski definition) is 6. The normalized spacial score (nSPS) is 18.5. The van der Waals surface area contributed by atoms with Crippen molar-refractivity contribution in [3.63, 3.8) is 0 Å². The van der Waals surface area contributed by atoms with Crippen molar-refractivity contribution in [1.29, 1.82) is 0 Å². The van der Waals surface area contributed by atoms with Gasteiger partial charge in [0.2, 0.25) is 0 Å². The maximum Gasteiger partial charge on any atom is 0.189 e. The molecule has 0 saturated carbocycles. The third-order valence-electron chi connectivity index (χ3n) is 4.81. The van der Waals surface area contributed by atoms with E-state index in [4.69, 9.17) is 14.2 Å². The number of allylic oxidation sites excluding steroid dienone is 1. The molecule has 2 atom stereocenters. The summed E-state index contributed by atoms with van der Waals surface area (Å²) >= 11 is 0. The second-order valence-electron chi connectivity index (χ2n) is 7.42. The van der Waals surface area contributed by atoms with Gasteiger partial charge in [0, 0.05) is 6.61 Å². The number of methoxy groups -OCH3 is 1. The van der Waals surface area contributed by atoms with E-state index in [1.165, 1.54) is 6.08 Å². The van der Waals surface area contributed by atoms with Gasteiger partial charge in [-0.1, -0.05) is 18.2 Å². The van der Waals surface area contributed by atoms with Crippen molar-refractivity contribution in [3.05, 3.63) is 59.2 Å². The highest BCUT2D eigenvalue weighted by atomic mass is 16.6. The molecular formula is C23H26O6. The van der Waals surface area contributed by atoms with Crippen LogP contribution < -0.4 is 9.47 Å². The number of rotatable bonds is 7. The van der Waals surface area contributed by atoms with Crippen LogP contribution in [0.25, 0.3) is 6.08 Å². The number of aliphatic hydroxyl groups is 1. The Hall–Kier alpha value is -2.83. The van der Waals surface area contributed by atoms with Gasteiger partial charge in [-0.15, -0.1) is 0 Å². The molecule has 1 aliphatic heterocycles. The monoisotopic (exact) mass is 398 g/mol. The standard InChI is InChI=1S/C23H26O6/c1-5-28-21-19-18(27-4)13-11-16(20(19)29-22(21)23(2,3)26)17(25)12-8-14-6-9-15(24)10-7-14/h6-13,21-22,24,26H,5H2,1-4H3/b12-8+. The summed E-state index contributed by atoms with van der Waals surface area (Å²) < 4.78 is 17.4. The van der Waals surface area contributed by atoms with Gasteiger partial charge in [-0.25, -0.2) is 0 Å². The van der Waals surface area contributed by atoms with Crippen molar-refractivity contribution in [1.82, 2.24) is 0 Å². The second-order valence-corrected chi connectivity index (χ2v) is 7.42. The van der Waals surface area contributed by atoms with Gasteiger partial charge < -0.3 is 24.4 Å². The van der Waals surface area contributed by atoms with E-state index in [9.17, 15) is 15.0 Å². The minimum absolute atomic E-state index is 0.162. The minimum Gasteiger partial charge on any atom is -0.508 e. The molecule has 0 fully saturated rings. The van der Waals surface area contributed by atoms with Crippen LogP contribution in [0.3, 0.4) is 0 Å². The Balaban J connectivity index is 2.00. The quantitative estimate of drug-likeness (QED) is 0.543. The Bertz CT molecular complexity index is 908. The van der Waals surface area contributed by atoms with E-state index in [1.807, 2.05) is 6.92 Å². The smallest absolute Gasteiger partial charge is 0.189 e. The molecule has 2 N–H and O–H groups in total. The van der Waals surface area contributed by atoms with Crippen molar-refractivity contribution in [2.45, 2.75) is 38.6 Å². The third kappa shape index (κ3) is 4.28. The first kappa shape index (κ1) is 20.9. The molecule has 29 heavy (non-hydrogen) atoms. The molecule has 3 rings (SSSR count). The minimum atomic E-state index is -1.19. The molecule has 0 amide bonds. The van der Waals surface area contributed by atoms with Gasteiger partial charge in [-0.3, -0.25) is 4.79 Å². The predicted molar refractivity (Wildman–Crippen MR) is 110 cm³/mol. The van der Waals surface area contributed by atoms with Crippen LogP contribution >= 0.6 is 0 Å². The number of benzene rings is 2. The van der Waals surface area contributed by atoms with E-state index in [0.717, 1.165) is 5.56 Å². The molecule has 0 aliphatic carbocycles. The summed E-state index contributed by atoms with van der Waals surface area (Å²) in [5, 5.41) is 20.0. The van der Waals surface area contributed by atoms with Crippen molar-refractivity contribution < 1.29 is 29.2 Å². The first-order chi connectivity index (χ1) is 13.8. The highest BCUT2D eigenvalue weighted by molar-refractivity contribution is 6.09. The van der Waals surface area contributed by atoms with E-state index >= 15 is 0 Å². The summed E-state index contributed by atoms with van der Waals surface area (Å²) in [5.41, 5.74) is 0.591. The highest BCUT2D eigenvalue weighted by Gasteiger charge is 2.47. The van der Waals surface area contributed by atoms with Gasteiger partial charge in [0.1, 0.15) is 23.4 Å². The first-order valence-corrected chi connectivity index (χ1v) is 9.49. The number of fused-ring (bicyclic) bond motifs is 1. The highest BCUT2D eigenvalue weighted by Crippen LogP contribution is 2.49. The number of ketones is 1. The molecule has 1 aliphatic rings. The SMILES string of the molecule is CCOC1c2c(OC)ccc(C(=O)/C=C/c3ccc(O)cc3)c2OC1C(C)(C)O. The Morgan fingerprint density at radius 2 is 1.90 bits per heavy atom. The Kier molecular flexibility index (Phi) is 5.96. The summed E-state index contributed by atoms with van der Waals surface area (Å²) in [4.78, 5) is 12.9. The van der Waals surface area contributed by atoms with Gasteiger partial charge >= 0.3 is 0 Å². The van der Waals surface area contributed by atoms with E-state index in [1.54, 1.807) is 63.4 Å². The van der Waals surface area contributed by atoms with Crippen LogP contribution in [-0.2, 0) is 4.74 Å². The Morgan fingerprint density at radius 3 is 2.48 bits per heavy atom. The summed E-state index contributed by atoms with van der Waals surface area (Å²) in [6, 6.07) is 9.89. The van der Waals surface area contributed by atoms with Crippen LogP contribution in [-0.4, -0.2) is 41.4 Å². The van der Waals surface area contributed by atoms with Gasteiger partial charge in [-0.2, -0.15) is 0 Å². The lowest BCUT2D eigenvalue weighted by atomic mass is 9.93. The Morgan fingerprint density at radius 1 is 1.21 bits per heavy atom. The maximum atomic E-state index is 12.9. The molecule has 1 heterocycles. The van der Waals surface area contributed by atoms with Crippen molar-refractivity contribution in [2.24, 2.45) is 0 Å². The number of carbonyl (C=O) groups is 1. The van der Waals surface area contributed by atoms with Crippen LogP contribution in [0.5, 0.6) is 17.2 Å². The fourth-order valence-corrected chi connectivity index (χ4v) is 3.40. The Labute approximate surface area is 170 Å². The number of phenolic OH excluding ortho intramolecular Hbond substituents is 1. The fraction of sp³-hybridized carbons (Fsp3) is 0.348. The molecule has 2 aromatic rings. The van der Waals surface area contributed by atoms with Gasteiger partial charge in [0.05, 0.1) is 23.8 Å². The van der Waals surface area contributed by atoms with E-state index in [0.29, 0.717) is 29.2 Å². The van der Waals surface area contributed by atoms with Crippen molar-refractivity contribution in [3.8, 4) is 17.2 Å². The maximum absolute atomic E-state index is 12.9. The van der Waals surface area contributed by atoms with Crippen LogP contribution in [0.1, 0.15) is 48.4 Å². The molecule has 154 valence electrons. The van der Waals surface area contributed by atoms with Gasteiger partial charge in [0.15, 0.2) is 11.9 Å². The van der Waals surface area contributed by atoms with Crippen LogP contribution in [0, 0.1) is 0 Å². The van der Waals surface area contributed by atoms with Crippen LogP contribution in [0.4, 0.5) is 0 Å². The molecule has 0 bridgehead atoms. The lowest BCUT2D eigenvalue weighted by Gasteiger charge is -2.29. The number of phenols is 1.